The standard InChI is InChI=1S/C16H22N6O2/c1-11-10-14(20-19-11)21-6-8-22(9-7-21)16(23)18-13-4-5-15(24-3)17-12(13)2/h4-5,10H,6-9H2,1-3H3,(H,18,23)(H,19,20). The Morgan fingerprint density at radius 1 is 1.25 bits per heavy atom. The Hall–Kier alpha value is -2.77. The lowest BCUT2D eigenvalue weighted by molar-refractivity contribution is 0.208. The van der Waals surface area contributed by atoms with Crippen LogP contribution in [0.3, 0.4) is 0 Å². The van der Waals surface area contributed by atoms with Crippen LogP contribution >= 0.6 is 0 Å². The van der Waals surface area contributed by atoms with Crippen molar-refractivity contribution in [3.63, 3.8) is 0 Å². The molecule has 128 valence electrons. The first-order valence-electron chi connectivity index (χ1n) is 7.91. The largest absolute Gasteiger partial charge is 0.481 e. The van der Waals surface area contributed by atoms with Gasteiger partial charge in [0.05, 0.1) is 18.5 Å². The summed E-state index contributed by atoms with van der Waals surface area (Å²) >= 11 is 0. The number of pyridine rings is 1. The van der Waals surface area contributed by atoms with Gasteiger partial charge in [0.15, 0.2) is 5.82 Å². The second kappa shape index (κ2) is 6.77. The Morgan fingerprint density at radius 3 is 2.58 bits per heavy atom. The van der Waals surface area contributed by atoms with Gasteiger partial charge in [0.1, 0.15) is 0 Å². The SMILES string of the molecule is COc1ccc(NC(=O)N2CCN(c3cc(C)[nH]n3)CC2)c(C)n1. The van der Waals surface area contributed by atoms with Gasteiger partial charge in [-0.1, -0.05) is 0 Å². The number of hydrogen-bond acceptors (Lipinski definition) is 5. The zero-order chi connectivity index (χ0) is 17.1. The van der Waals surface area contributed by atoms with Crippen LogP contribution in [0.4, 0.5) is 16.3 Å². The lowest BCUT2D eigenvalue weighted by Crippen LogP contribution is -2.50. The van der Waals surface area contributed by atoms with Crippen molar-refractivity contribution in [2.45, 2.75) is 13.8 Å². The summed E-state index contributed by atoms with van der Waals surface area (Å²) in [5, 5.41) is 10.1. The van der Waals surface area contributed by atoms with E-state index in [1.807, 2.05) is 26.0 Å². The summed E-state index contributed by atoms with van der Waals surface area (Å²) in [6, 6.07) is 5.45. The van der Waals surface area contributed by atoms with Crippen molar-refractivity contribution in [1.82, 2.24) is 20.1 Å². The van der Waals surface area contributed by atoms with Crippen LogP contribution in [0.1, 0.15) is 11.4 Å². The van der Waals surface area contributed by atoms with Gasteiger partial charge < -0.3 is 19.9 Å². The molecule has 0 saturated carbocycles. The molecule has 1 fully saturated rings. The molecule has 2 N–H and O–H groups in total. The molecular formula is C16H22N6O2. The van der Waals surface area contributed by atoms with Gasteiger partial charge >= 0.3 is 6.03 Å². The molecule has 0 spiro atoms. The molecule has 24 heavy (non-hydrogen) atoms. The summed E-state index contributed by atoms with van der Waals surface area (Å²) < 4.78 is 5.08. The molecule has 0 radical (unpaired) electrons. The molecule has 8 heteroatoms. The summed E-state index contributed by atoms with van der Waals surface area (Å²) in [6.45, 7) is 6.65. The van der Waals surface area contributed by atoms with Gasteiger partial charge in [0.25, 0.3) is 0 Å². The molecule has 0 aliphatic carbocycles. The van der Waals surface area contributed by atoms with Crippen molar-refractivity contribution in [3.8, 4) is 5.88 Å². The van der Waals surface area contributed by atoms with E-state index >= 15 is 0 Å². The number of aryl methyl sites for hydroxylation is 2. The van der Waals surface area contributed by atoms with E-state index in [1.165, 1.54) is 0 Å². The molecular weight excluding hydrogens is 308 g/mol. The first-order valence-corrected chi connectivity index (χ1v) is 7.91. The van der Waals surface area contributed by atoms with Crippen LogP contribution in [0.25, 0.3) is 0 Å². The number of anilines is 2. The lowest BCUT2D eigenvalue weighted by Gasteiger charge is -2.34. The number of nitrogens with one attached hydrogen (secondary N) is 2. The van der Waals surface area contributed by atoms with Crippen LogP contribution in [0.2, 0.25) is 0 Å². The van der Waals surface area contributed by atoms with Gasteiger partial charge in [0.2, 0.25) is 5.88 Å². The fraction of sp³-hybridized carbons (Fsp3) is 0.438. The van der Waals surface area contributed by atoms with Crippen LogP contribution in [0, 0.1) is 13.8 Å². The van der Waals surface area contributed by atoms with Crippen LogP contribution in [-0.4, -0.2) is 59.4 Å². The van der Waals surface area contributed by atoms with Crippen molar-refractivity contribution in [2.24, 2.45) is 0 Å². The number of H-pyrrole nitrogens is 1. The van der Waals surface area contributed by atoms with Crippen LogP contribution in [-0.2, 0) is 0 Å². The van der Waals surface area contributed by atoms with Gasteiger partial charge in [-0.3, -0.25) is 5.10 Å². The minimum Gasteiger partial charge on any atom is -0.481 e. The van der Waals surface area contributed by atoms with E-state index in [4.69, 9.17) is 4.74 Å². The number of amides is 2. The second-order valence-corrected chi connectivity index (χ2v) is 5.80. The quantitative estimate of drug-likeness (QED) is 0.896. The highest BCUT2D eigenvalue weighted by Crippen LogP contribution is 2.18. The van der Waals surface area contributed by atoms with Crippen molar-refractivity contribution in [3.05, 3.63) is 29.6 Å². The van der Waals surface area contributed by atoms with Gasteiger partial charge in [-0.25, -0.2) is 9.78 Å². The third-order valence-electron chi connectivity index (χ3n) is 4.09. The minimum absolute atomic E-state index is 0.108. The molecule has 0 aromatic carbocycles. The van der Waals surface area contributed by atoms with Crippen LogP contribution in [0.15, 0.2) is 18.2 Å². The molecule has 0 bridgehead atoms. The van der Waals surface area contributed by atoms with E-state index < -0.39 is 0 Å². The topological polar surface area (TPSA) is 86.4 Å². The number of urea groups is 1. The Kier molecular flexibility index (Phi) is 4.54. The molecule has 0 atom stereocenters. The summed E-state index contributed by atoms with van der Waals surface area (Å²) in [7, 11) is 1.57. The molecule has 1 aliphatic rings. The third-order valence-corrected chi connectivity index (χ3v) is 4.09. The van der Waals surface area contributed by atoms with Gasteiger partial charge in [-0.05, 0) is 19.9 Å². The van der Waals surface area contributed by atoms with Gasteiger partial charge in [-0.2, -0.15) is 5.10 Å². The third kappa shape index (κ3) is 3.42. The number of aromatic amines is 1. The van der Waals surface area contributed by atoms with Crippen molar-refractivity contribution in [1.29, 1.82) is 0 Å². The fourth-order valence-corrected chi connectivity index (χ4v) is 2.68. The van der Waals surface area contributed by atoms with Crippen molar-refractivity contribution in [2.75, 3.05) is 43.5 Å². The van der Waals surface area contributed by atoms with Crippen LogP contribution in [0.5, 0.6) is 5.88 Å². The normalized spacial score (nSPS) is 14.6. The van der Waals surface area contributed by atoms with Gasteiger partial charge in [-0.15, -0.1) is 0 Å². The summed E-state index contributed by atoms with van der Waals surface area (Å²) in [4.78, 5) is 20.7. The van der Waals surface area contributed by atoms with E-state index in [0.717, 1.165) is 30.3 Å². The highest BCUT2D eigenvalue weighted by atomic mass is 16.5. The molecule has 8 nitrogen and oxygen atoms in total. The van der Waals surface area contributed by atoms with E-state index in [2.05, 4.69) is 25.4 Å². The molecule has 1 aliphatic heterocycles. The number of piperazine rings is 1. The lowest BCUT2D eigenvalue weighted by atomic mass is 10.3. The monoisotopic (exact) mass is 330 g/mol. The average molecular weight is 330 g/mol. The Morgan fingerprint density at radius 2 is 2.00 bits per heavy atom. The van der Waals surface area contributed by atoms with E-state index in [9.17, 15) is 4.79 Å². The van der Waals surface area contributed by atoms with E-state index in [1.54, 1.807) is 18.1 Å². The number of methoxy groups -OCH3 is 1. The zero-order valence-electron chi connectivity index (χ0n) is 14.2. The number of rotatable bonds is 3. The summed E-state index contributed by atoms with van der Waals surface area (Å²) in [6.07, 6.45) is 0. The first kappa shape index (κ1) is 16.1. The van der Waals surface area contributed by atoms with E-state index in [0.29, 0.717) is 24.7 Å². The maximum atomic E-state index is 12.4. The number of carbonyl (C=O) groups excluding carboxylic acids is 1. The molecule has 1 saturated heterocycles. The molecule has 2 aromatic heterocycles. The summed E-state index contributed by atoms with van der Waals surface area (Å²) in [5.41, 5.74) is 2.46. The molecule has 0 unspecified atom stereocenters. The number of hydrogen-bond donors (Lipinski definition) is 2. The smallest absolute Gasteiger partial charge is 0.322 e. The highest BCUT2D eigenvalue weighted by Gasteiger charge is 2.22. The maximum absolute atomic E-state index is 12.4. The fourth-order valence-electron chi connectivity index (χ4n) is 2.68. The van der Waals surface area contributed by atoms with Crippen molar-refractivity contribution < 1.29 is 9.53 Å². The summed E-state index contributed by atoms with van der Waals surface area (Å²) in [5.74, 6) is 1.47. The minimum atomic E-state index is -0.108. The maximum Gasteiger partial charge on any atom is 0.322 e. The number of nitrogens with zero attached hydrogens (tertiary/aromatic N) is 4. The Balaban J connectivity index is 1.57. The molecule has 3 heterocycles. The number of carbonyl (C=O) groups is 1. The zero-order valence-corrected chi connectivity index (χ0v) is 14.2. The van der Waals surface area contributed by atoms with Crippen LogP contribution < -0.4 is 15.0 Å². The van der Waals surface area contributed by atoms with Crippen molar-refractivity contribution >= 4 is 17.5 Å². The Labute approximate surface area is 140 Å². The second-order valence-electron chi connectivity index (χ2n) is 5.80. The molecule has 2 aromatic rings. The predicted molar refractivity (Wildman–Crippen MR) is 91.7 cm³/mol. The van der Waals surface area contributed by atoms with Gasteiger partial charge in [0, 0.05) is 44.0 Å². The Bertz CT molecular complexity index is 721. The first-order chi connectivity index (χ1) is 11.6. The molecule has 2 amide bonds. The highest BCUT2D eigenvalue weighted by molar-refractivity contribution is 5.90. The number of ether oxygens (including phenoxy) is 1. The van der Waals surface area contributed by atoms with E-state index in [-0.39, 0.29) is 6.03 Å². The molecule has 3 rings (SSSR count). The predicted octanol–water partition coefficient (Wildman–Crippen LogP) is 1.78. The average Bonchev–Trinajstić information content (AvgIpc) is 3.03. The number of aromatic nitrogens is 3.